The zero-order chi connectivity index (χ0) is 20.6. The first-order valence-corrected chi connectivity index (χ1v) is 10.7. The Hall–Kier alpha value is -2.80. The minimum Gasteiger partial charge on any atom is -0.465 e. The number of aryl methyl sites for hydroxylation is 1. The minimum absolute atomic E-state index is 0.329. The van der Waals surface area contributed by atoms with Crippen LogP contribution in [0.15, 0.2) is 53.7 Å². The summed E-state index contributed by atoms with van der Waals surface area (Å²) in [4.78, 5) is 11.8. The molecule has 0 atom stereocenters. The van der Waals surface area contributed by atoms with Crippen molar-refractivity contribution >= 4 is 23.4 Å². The van der Waals surface area contributed by atoms with Crippen LogP contribution in [0, 0.1) is 0 Å². The number of nitrogens with zero attached hydrogens (tertiary/aromatic N) is 3. The van der Waals surface area contributed by atoms with Crippen LogP contribution in [0.3, 0.4) is 0 Å². The summed E-state index contributed by atoms with van der Waals surface area (Å²) in [6, 6.07) is 15.4. The lowest BCUT2D eigenvalue weighted by molar-refractivity contribution is 0.0600. The SMILES string of the molecule is CCCCc1nnc(SCc2cccc(C(=O)OC)c2)n1Cc1ccc(N)cc1. The normalized spacial score (nSPS) is 10.8. The molecule has 0 saturated heterocycles. The maximum Gasteiger partial charge on any atom is 0.337 e. The highest BCUT2D eigenvalue weighted by molar-refractivity contribution is 7.98. The Morgan fingerprint density at radius 2 is 1.93 bits per heavy atom. The van der Waals surface area contributed by atoms with E-state index in [4.69, 9.17) is 10.5 Å². The third kappa shape index (κ3) is 5.60. The summed E-state index contributed by atoms with van der Waals surface area (Å²) in [5.41, 5.74) is 9.32. The van der Waals surface area contributed by atoms with Crippen LogP contribution < -0.4 is 5.73 Å². The average Bonchev–Trinajstić information content (AvgIpc) is 3.13. The van der Waals surface area contributed by atoms with E-state index >= 15 is 0 Å². The highest BCUT2D eigenvalue weighted by Crippen LogP contribution is 2.24. The number of carbonyl (C=O) groups is 1. The molecule has 0 amide bonds. The Morgan fingerprint density at radius 3 is 2.66 bits per heavy atom. The average molecular weight is 411 g/mol. The van der Waals surface area contributed by atoms with Crippen molar-refractivity contribution in [2.45, 2.75) is 43.6 Å². The second-order valence-electron chi connectivity index (χ2n) is 6.81. The van der Waals surface area contributed by atoms with Crippen molar-refractivity contribution in [2.24, 2.45) is 0 Å². The first-order valence-electron chi connectivity index (χ1n) is 9.67. The monoisotopic (exact) mass is 410 g/mol. The zero-order valence-electron chi connectivity index (χ0n) is 16.8. The summed E-state index contributed by atoms with van der Waals surface area (Å²) in [6.07, 6.45) is 3.08. The van der Waals surface area contributed by atoms with Gasteiger partial charge in [0.05, 0.1) is 19.2 Å². The fraction of sp³-hybridized carbons (Fsp3) is 0.318. The minimum atomic E-state index is -0.329. The van der Waals surface area contributed by atoms with Gasteiger partial charge < -0.3 is 15.0 Å². The summed E-state index contributed by atoms with van der Waals surface area (Å²) in [6.45, 7) is 2.88. The van der Waals surface area contributed by atoms with Crippen LogP contribution >= 0.6 is 11.8 Å². The van der Waals surface area contributed by atoms with E-state index in [1.54, 1.807) is 17.8 Å². The number of benzene rings is 2. The van der Waals surface area contributed by atoms with Crippen LogP contribution in [0.4, 0.5) is 5.69 Å². The van der Waals surface area contributed by atoms with Gasteiger partial charge in [-0.1, -0.05) is 49.4 Å². The van der Waals surface area contributed by atoms with Crippen LogP contribution in [0.5, 0.6) is 0 Å². The van der Waals surface area contributed by atoms with Crippen molar-refractivity contribution in [3.05, 3.63) is 71.0 Å². The molecule has 1 heterocycles. The van der Waals surface area contributed by atoms with E-state index in [0.717, 1.165) is 47.1 Å². The Morgan fingerprint density at radius 1 is 1.14 bits per heavy atom. The highest BCUT2D eigenvalue weighted by Gasteiger charge is 2.14. The first-order chi connectivity index (χ1) is 14.1. The van der Waals surface area contributed by atoms with Crippen LogP contribution in [0.25, 0.3) is 0 Å². The summed E-state index contributed by atoms with van der Waals surface area (Å²) in [5, 5.41) is 9.73. The van der Waals surface area contributed by atoms with Crippen LogP contribution in [0.2, 0.25) is 0 Å². The number of ether oxygens (including phenoxy) is 1. The quantitative estimate of drug-likeness (QED) is 0.321. The number of hydrogen-bond acceptors (Lipinski definition) is 6. The molecule has 3 rings (SSSR count). The number of methoxy groups -OCH3 is 1. The standard InChI is InChI=1S/C22H26N4O2S/c1-3-4-8-20-24-25-22(26(20)14-16-9-11-19(23)12-10-16)29-15-17-6-5-7-18(13-17)21(27)28-2/h5-7,9-13H,3-4,8,14-15,23H2,1-2H3. The molecule has 0 saturated carbocycles. The lowest BCUT2D eigenvalue weighted by Gasteiger charge is -2.11. The van der Waals surface area contributed by atoms with Gasteiger partial charge in [-0.05, 0) is 41.8 Å². The third-order valence-corrected chi connectivity index (χ3v) is 5.62. The van der Waals surface area contributed by atoms with Crippen molar-refractivity contribution in [1.29, 1.82) is 0 Å². The van der Waals surface area contributed by atoms with Crippen molar-refractivity contribution < 1.29 is 9.53 Å². The largest absolute Gasteiger partial charge is 0.465 e. The van der Waals surface area contributed by atoms with Gasteiger partial charge in [0.15, 0.2) is 5.16 Å². The van der Waals surface area contributed by atoms with Gasteiger partial charge in [-0.3, -0.25) is 0 Å². The van der Waals surface area contributed by atoms with Crippen molar-refractivity contribution in [3.8, 4) is 0 Å². The van der Waals surface area contributed by atoms with Gasteiger partial charge >= 0.3 is 5.97 Å². The van der Waals surface area contributed by atoms with E-state index in [2.05, 4.69) is 21.7 Å². The maximum atomic E-state index is 11.8. The van der Waals surface area contributed by atoms with E-state index in [0.29, 0.717) is 17.9 Å². The molecule has 3 aromatic rings. The number of unbranched alkanes of at least 4 members (excludes halogenated alkanes) is 1. The molecule has 0 spiro atoms. The molecule has 2 aromatic carbocycles. The molecule has 2 N–H and O–H groups in total. The molecular formula is C22H26N4O2S. The van der Waals surface area contributed by atoms with E-state index < -0.39 is 0 Å². The smallest absolute Gasteiger partial charge is 0.337 e. The number of anilines is 1. The molecule has 1 aromatic heterocycles. The predicted molar refractivity (Wildman–Crippen MR) is 116 cm³/mol. The molecule has 0 radical (unpaired) electrons. The van der Waals surface area contributed by atoms with Crippen LogP contribution in [-0.4, -0.2) is 27.8 Å². The van der Waals surface area contributed by atoms with Gasteiger partial charge in [-0.2, -0.15) is 0 Å². The molecule has 7 heteroatoms. The van der Waals surface area contributed by atoms with Crippen molar-refractivity contribution in [2.75, 3.05) is 12.8 Å². The van der Waals surface area contributed by atoms with Crippen LogP contribution in [-0.2, 0) is 23.5 Å². The number of nitrogen functional groups attached to an aromatic ring is 1. The third-order valence-electron chi connectivity index (χ3n) is 4.58. The molecule has 29 heavy (non-hydrogen) atoms. The second kappa shape index (κ2) is 10.1. The molecule has 0 aliphatic carbocycles. The second-order valence-corrected chi connectivity index (χ2v) is 7.75. The maximum absolute atomic E-state index is 11.8. The number of thioether (sulfide) groups is 1. The van der Waals surface area contributed by atoms with Gasteiger partial charge in [-0.15, -0.1) is 10.2 Å². The van der Waals surface area contributed by atoms with E-state index in [-0.39, 0.29) is 5.97 Å². The fourth-order valence-corrected chi connectivity index (χ4v) is 3.86. The Labute approximate surface area is 175 Å². The van der Waals surface area contributed by atoms with Crippen molar-refractivity contribution in [1.82, 2.24) is 14.8 Å². The fourth-order valence-electron chi connectivity index (χ4n) is 2.96. The lowest BCUT2D eigenvalue weighted by atomic mass is 10.1. The Bertz CT molecular complexity index is 954. The first kappa shape index (κ1) is 20.9. The Balaban J connectivity index is 1.78. The number of esters is 1. The summed E-state index contributed by atoms with van der Waals surface area (Å²) in [5.74, 6) is 1.36. The zero-order valence-corrected chi connectivity index (χ0v) is 17.6. The van der Waals surface area contributed by atoms with Gasteiger partial charge in [0.25, 0.3) is 0 Å². The molecule has 0 bridgehead atoms. The van der Waals surface area contributed by atoms with Gasteiger partial charge in [-0.25, -0.2) is 4.79 Å². The summed E-state index contributed by atoms with van der Waals surface area (Å²) >= 11 is 1.62. The van der Waals surface area contributed by atoms with Gasteiger partial charge in [0, 0.05) is 17.9 Å². The lowest BCUT2D eigenvalue weighted by Crippen LogP contribution is -2.07. The van der Waals surface area contributed by atoms with E-state index in [9.17, 15) is 4.79 Å². The molecule has 0 aliphatic rings. The number of nitrogens with two attached hydrogens (primary N) is 1. The highest BCUT2D eigenvalue weighted by atomic mass is 32.2. The topological polar surface area (TPSA) is 83.0 Å². The number of carbonyl (C=O) groups excluding carboxylic acids is 1. The molecule has 0 fully saturated rings. The predicted octanol–water partition coefficient (Wildman–Crippen LogP) is 4.33. The van der Waals surface area contributed by atoms with Gasteiger partial charge in [0.2, 0.25) is 0 Å². The van der Waals surface area contributed by atoms with E-state index in [1.165, 1.54) is 7.11 Å². The summed E-state index contributed by atoms with van der Waals surface area (Å²) < 4.78 is 6.98. The molecule has 152 valence electrons. The van der Waals surface area contributed by atoms with E-state index in [1.807, 2.05) is 42.5 Å². The summed E-state index contributed by atoms with van der Waals surface area (Å²) in [7, 11) is 1.39. The number of rotatable bonds is 9. The van der Waals surface area contributed by atoms with Crippen molar-refractivity contribution in [3.63, 3.8) is 0 Å². The molecular weight excluding hydrogens is 384 g/mol. The van der Waals surface area contributed by atoms with Crippen LogP contribution in [0.1, 0.15) is 47.1 Å². The van der Waals surface area contributed by atoms with Gasteiger partial charge in [0.1, 0.15) is 5.82 Å². The molecule has 0 aliphatic heterocycles. The Kier molecular flexibility index (Phi) is 7.30. The molecule has 0 unspecified atom stereocenters. The number of aromatic nitrogens is 3. The molecule has 6 nitrogen and oxygen atoms in total. The number of hydrogen-bond donors (Lipinski definition) is 1.